The first-order chi connectivity index (χ1) is 48.6. The number of pyridine rings is 1. The van der Waals surface area contributed by atoms with Crippen LogP contribution in [0, 0.1) is 5.92 Å². The maximum absolute atomic E-state index is 15.2. The molecule has 13 bridgehead atoms. The molecule has 15 atom stereocenters. The van der Waals surface area contributed by atoms with E-state index in [1.807, 2.05) is 0 Å². The lowest BCUT2D eigenvalue weighted by Crippen LogP contribution is -2.57. The number of nitrogens with zero attached hydrogens (tertiary/aromatic N) is 7. The Kier molecular flexibility index (Phi) is 23.0. The molecule has 4 aliphatic heterocycles. The van der Waals surface area contributed by atoms with Crippen molar-refractivity contribution in [1.29, 1.82) is 0 Å². The van der Waals surface area contributed by atoms with Gasteiger partial charge in [-0.3, -0.25) is 58.5 Å². The highest BCUT2D eigenvalue weighted by atomic mass is 32.2. The number of hydrogen-bond donors (Lipinski definition) is 15. The Balaban J connectivity index is 1.17. The second-order valence-electron chi connectivity index (χ2n) is 25.5. The van der Waals surface area contributed by atoms with Crippen molar-refractivity contribution in [3.05, 3.63) is 135 Å². The van der Waals surface area contributed by atoms with Crippen molar-refractivity contribution < 1.29 is 78.2 Å². The van der Waals surface area contributed by atoms with Gasteiger partial charge in [-0.1, -0.05) is 45.2 Å². The van der Waals surface area contributed by atoms with Gasteiger partial charge in [-0.2, -0.15) is 0 Å². The molecule has 0 radical (unpaired) electrons. The molecule has 10 rings (SSSR count). The second kappa shape index (κ2) is 31.0. The molecule has 5 aromatic rings. The second-order valence-corrected chi connectivity index (χ2v) is 30.0. The molecule has 546 valence electrons. The number of carbonyl (C=O) groups excluding carboxylic acids is 10. The van der Waals surface area contributed by atoms with Gasteiger partial charge >= 0.3 is 5.97 Å². The first-order valence-corrected chi connectivity index (χ1v) is 36.7. The number of amides is 9. The van der Waals surface area contributed by atoms with Crippen molar-refractivity contribution in [2.24, 2.45) is 21.6 Å². The van der Waals surface area contributed by atoms with Gasteiger partial charge in [-0.25, -0.2) is 29.7 Å². The number of esters is 1. The lowest BCUT2D eigenvalue weighted by Gasteiger charge is -2.41. The Labute approximate surface area is 608 Å². The van der Waals surface area contributed by atoms with Gasteiger partial charge in [-0.15, -0.1) is 57.1 Å². The van der Waals surface area contributed by atoms with Crippen LogP contribution >= 0.6 is 57.1 Å². The van der Waals surface area contributed by atoms with Crippen molar-refractivity contribution in [2.45, 2.75) is 165 Å². The van der Waals surface area contributed by atoms with E-state index in [1.54, 1.807) is 20.8 Å². The third-order valence-electron chi connectivity index (χ3n) is 17.6. The van der Waals surface area contributed by atoms with Crippen LogP contribution in [0.2, 0.25) is 0 Å². The smallest absolute Gasteiger partial charge is 0.357 e. The molecule has 0 spiro atoms. The Morgan fingerprint density at radius 2 is 1.44 bits per heavy atom. The minimum absolute atomic E-state index is 0.00198. The molecule has 0 unspecified atom stereocenters. The van der Waals surface area contributed by atoms with Gasteiger partial charge in [-0.05, 0) is 78.9 Å². The van der Waals surface area contributed by atoms with Gasteiger partial charge in [0.15, 0.2) is 0 Å². The monoisotopic (exact) mass is 1510 g/mol. The highest BCUT2D eigenvalue weighted by Crippen LogP contribution is 2.48. The largest absolute Gasteiger partial charge is 0.455 e. The number of ether oxygens (including phenoxy) is 1. The summed E-state index contributed by atoms with van der Waals surface area (Å²) in [5, 5.41) is 87.4. The lowest BCUT2D eigenvalue weighted by molar-refractivity contribution is -0.129. The standard InChI is InChI=1S/C65H75N17O16S5/c1-12-33-58-76-40(20-100-58)55(93)81-48(64(11,97)30(10)85)61-77-39(21-102-61)53(91)80-44-29(9)98-62(96)36-17-32(27(7)83)31-13-14-34(46(86)45(31)71-36)70-42(23(2)3)56(94)69-25(5)51(89)67-24(4)50(88)68-26(6)52(90)82-65(63-78-41(22-103-63)54(92)79-43(28(8)84)57(95)73-33)16-15-35(59-75-38(19-99-59)49(66)87)72-47(65)37-18-101-60(44)74-37/h12-14,17-19,21-23,26-30,34,40,42-44,46-48,70,83-86,97H,4-5,15-16,20H2,1-3,6-11H3,(H2,66,87)(H,67,89)(H,68,88)(H,69,94)(H,73,95)(H,79,92)(H,80,91)(H,81,93)(H,82,90)/t26-,27+,28-,29-,30+,34-,40+,42-,43-,44-,46-,47+,48-,64+,65+/m0/s1. The molecule has 0 saturated heterocycles. The molecule has 16 N–H and O–H groups in total. The number of thioether (sulfide) groups is 1. The average molecular weight is 1510 g/mol. The highest BCUT2D eigenvalue weighted by Gasteiger charge is 2.51. The summed E-state index contributed by atoms with van der Waals surface area (Å²) < 4.78 is 6.22. The molecule has 1 aliphatic carbocycles. The summed E-state index contributed by atoms with van der Waals surface area (Å²) in [6.07, 6.45) is -3.24. The Morgan fingerprint density at radius 1 is 0.757 bits per heavy atom. The van der Waals surface area contributed by atoms with E-state index in [0.29, 0.717) is 0 Å². The summed E-state index contributed by atoms with van der Waals surface area (Å²) >= 11 is 4.66. The first-order valence-electron chi connectivity index (χ1n) is 32.2. The normalized spacial score (nSPS) is 27.7. The summed E-state index contributed by atoms with van der Waals surface area (Å²) in [6.45, 7) is 20.2. The number of cyclic esters (lactones) is 1. The van der Waals surface area contributed by atoms with Crippen molar-refractivity contribution in [1.82, 2.24) is 72.8 Å². The van der Waals surface area contributed by atoms with Crippen LogP contribution in [0.1, 0.15) is 190 Å². The van der Waals surface area contributed by atoms with E-state index in [9.17, 15) is 63.9 Å². The maximum atomic E-state index is 15.2. The fourth-order valence-corrected chi connectivity index (χ4v) is 16.4. The number of nitrogens with one attached hydrogen (secondary N) is 9. The van der Waals surface area contributed by atoms with E-state index in [2.05, 4.69) is 81.0 Å². The van der Waals surface area contributed by atoms with Crippen molar-refractivity contribution in [2.75, 3.05) is 5.75 Å². The molecule has 9 heterocycles. The van der Waals surface area contributed by atoms with E-state index in [4.69, 9.17) is 25.4 Å². The number of allylic oxidation sites excluding steroid dienone is 1. The third kappa shape index (κ3) is 16.1. The van der Waals surface area contributed by atoms with Crippen LogP contribution in [-0.2, 0) is 39.0 Å². The zero-order valence-electron chi connectivity index (χ0n) is 56.7. The first kappa shape index (κ1) is 76.4. The number of fused-ring (bicyclic) bond motifs is 7. The van der Waals surface area contributed by atoms with Crippen LogP contribution in [-0.4, -0.2) is 180 Å². The number of hydrogen-bond acceptors (Lipinski definition) is 29. The van der Waals surface area contributed by atoms with Crippen LogP contribution < -0.4 is 53.6 Å². The summed E-state index contributed by atoms with van der Waals surface area (Å²) in [7, 11) is 0. The predicted molar refractivity (Wildman–Crippen MR) is 379 cm³/mol. The Hall–Kier alpha value is -9.22. The molecule has 38 heteroatoms. The molecular weight excluding hydrogens is 1440 g/mol. The maximum Gasteiger partial charge on any atom is 0.357 e. The molecule has 33 nitrogen and oxygen atoms in total. The molecule has 103 heavy (non-hydrogen) atoms. The number of thiazole rings is 4. The Bertz CT molecular complexity index is 4420. The topological polar surface area (TPSA) is 505 Å². The van der Waals surface area contributed by atoms with Gasteiger partial charge in [0.25, 0.3) is 29.5 Å². The third-order valence-corrected chi connectivity index (χ3v) is 22.5. The number of carbonyl (C=O) groups is 10. The van der Waals surface area contributed by atoms with Gasteiger partial charge in [0.1, 0.15) is 107 Å². The van der Waals surface area contributed by atoms with Gasteiger partial charge in [0.2, 0.25) is 23.6 Å². The fraction of sp³-hybridized carbons (Fsp3) is 0.431. The number of primary amides is 1. The minimum atomic E-state index is -2.18. The number of aliphatic hydroxyl groups excluding tert-OH is 4. The zero-order valence-corrected chi connectivity index (χ0v) is 60.8. The van der Waals surface area contributed by atoms with E-state index >= 15 is 9.59 Å². The van der Waals surface area contributed by atoms with Gasteiger partial charge in [0.05, 0.1) is 64.6 Å². The zero-order chi connectivity index (χ0) is 75.0. The van der Waals surface area contributed by atoms with Crippen molar-refractivity contribution in [3.8, 4) is 0 Å². The van der Waals surface area contributed by atoms with Crippen LogP contribution in [0.25, 0.3) is 6.08 Å². The van der Waals surface area contributed by atoms with E-state index in [0.717, 1.165) is 57.1 Å². The quantitative estimate of drug-likeness (QED) is 0.0805. The summed E-state index contributed by atoms with van der Waals surface area (Å²) in [6, 6.07) is -9.94. The number of aliphatic imine (C=N–C) groups is 2. The summed E-state index contributed by atoms with van der Waals surface area (Å²) in [4.78, 5) is 176. The summed E-state index contributed by atoms with van der Waals surface area (Å²) in [5.41, 5.74) is -0.255. The number of nitrogens with two attached hydrogens (primary N) is 1. The van der Waals surface area contributed by atoms with Crippen LogP contribution in [0.4, 0.5) is 0 Å². The molecule has 5 aliphatic rings. The van der Waals surface area contributed by atoms with Gasteiger partial charge < -0.3 is 78.5 Å². The number of rotatable bonds is 7. The van der Waals surface area contributed by atoms with E-state index in [1.165, 1.54) is 87.4 Å². The average Bonchev–Trinajstić information content (AvgIpc) is 1.70. The fourth-order valence-electron chi connectivity index (χ4n) is 11.5. The molecule has 0 aromatic carbocycles. The van der Waals surface area contributed by atoms with Crippen LogP contribution in [0.3, 0.4) is 0 Å². The lowest BCUT2D eigenvalue weighted by atomic mass is 9.80. The predicted octanol–water partition coefficient (Wildman–Crippen LogP) is 1.25. The van der Waals surface area contributed by atoms with Crippen LogP contribution in [0.5, 0.6) is 0 Å². The number of aromatic nitrogens is 5. The van der Waals surface area contributed by atoms with Crippen molar-refractivity contribution in [3.63, 3.8) is 0 Å². The van der Waals surface area contributed by atoms with Gasteiger partial charge in [0, 0.05) is 32.8 Å². The highest BCUT2D eigenvalue weighted by molar-refractivity contribution is 8.14. The Morgan fingerprint density at radius 3 is 2.11 bits per heavy atom. The SMILES string of the molecule is C=C1NC(=O)[C@H](C(C)C)N[C@H]2C=Cc3c([C@@H](C)O)cc(nc3[C@H]2O)C(=O)O[C@@H](C)[C@@H]2NC(=O)c3csc(n3)[C@@H]([C@](C)(O)[C@@H](C)O)NC(=O)[C@H]3CSC(=N3)C(=CC)NC(=O)[C@H]([C@H](C)O)NC(=O)c3csc(n3)[C@]3(CCC(c4nc(C(N)=O)cs4)=N[C@@H]3c3csc2n3)NC(=O)[C@H](C)NC(=O)C(=C)NC1=O. The van der Waals surface area contributed by atoms with E-state index in [-0.39, 0.29) is 94.7 Å². The molecule has 5 aromatic heterocycles. The molecule has 0 saturated carbocycles. The van der Waals surface area contributed by atoms with Crippen molar-refractivity contribution >= 4 is 133 Å². The van der Waals surface area contributed by atoms with E-state index < -0.39 is 172 Å². The molecular formula is C65H75N17O16S5. The number of aliphatic hydroxyl groups is 5. The minimum Gasteiger partial charge on any atom is -0.455 e. The summed E-state index contributed by atoms with van der Waals surface area (Å²) in [5.74, 6) is -10.1. The van der Waals surface area contributed by atoms with Crippen LogP contribution in [0.15, 0.2) is 80.0 Å². The molecule has 9 amide bonds. The molecule has 0 fully saturated rings.